The van der Waals surface area contributed by atoms with E-state index in [2.05, 4.69) is 10.1 Å². The third-order valence-corrected chi connectivity index (χ3v) is 3.09. The van der Waals surface area contributed by atoms with Crippen molar-refractivity contribution in [3.63, 3.8) is 0 Å². The Morgan fingerprint density at radius 3 is 2.63 bits per heavy atom. The lowest BCUT2D eigenvalue weighted by Crippen LogP contribution is -2.04. The molecule has 2 aromatic heterocycles. The van der Waals surface area contributed by atoms with Gasteiger partial charge in [-0.05, 0) is 24.1 Å². The van der Waals surface area contributed by atoms with Crippen LogP contribution < -0.4 is 5.73 Å². The van der Waals surface area contributed by atoms with E-state index in [1.165, 1.54) is 0 Å². The van der Waals surface area contributed by atoms with Crippen molar-refractivity contribution in [2.75, 3.05) is 5.73 Å². The zero-order valence-corrected chi connectivity index (χ0v) is 10.6. The molecule has 3 rings (SSSR count). The van der Waals surface area contributed by atoms with E-state index >= 15 is 0 Å². The fraction of sp³-hybridized carbons (Fsp3) is 0.0667. The second-order valence-corrected chi connectivity index (χ2v) is 4.40. The highest BCUT2D eigenvalue weighted by Gasteiger charge is 2.08. The van der Waals surface area contributed by atoms with Crippen LogP contribution in [0.1, 0.15) is 5.56 Å². The maximum Gasteiger partial charge on any atom is 0.176 e. The summed E-state index contributed by atoms with van der Waals surface area (Å²) < 4.78 is 1.71. The molecule has 0 aliphatic carbocycles. The van der Waals surface area contributed by atoms with Crippen LogP contribution in [0, 0.1) is 6.92 Å². The third kappa shape index (κ3) is 2.08. The zero-order chi connectivity index (χ0) is 13.2. The lowest BCUT2D eigenvalue weighted by Gasteiger charge is -2.06. The van der Waals surface area contributed by atoms with Crippen LogP contribution >= 0.6 is 0 Å². The fourth-order valence-electron chi connectivity index (χ4n) is 1.96. The first kappa shape index (κ1) is 11.5. The van der Waals surface area contributed by atoms with Gasteiger partial charge in [0.2, 0.25) is 0 Å². The minimum absolute atomic E-state index is 0.658. The Bertz CT molecular complexity index is 701. The quantitative estimate of drug-likeness (QED) is 0.760. The molecule has 3 aromatic rings. The first-order valence-electron chi connectivity index (χ1n) is 6.07. The molecule has 0 radical (unpaired) electrons. The summed E-state index contributed by atoms with van der Waals surface area (Å²) in [5.74, 6) is 0.669. The van der Waals surface area contributed by atoms with Crippen molar-refractivity contribution >= 4 is 5.69 Å². The van der Waals surface area contributed by atoms with Gasteiger partial charge in [-0.15, -0.1) is 0 Å². The van der Waals surface area contributed by atoms with Crippen LogP contribution in [0.4, 0.5) is 5.69 Å². The SMILES string of the molecule is Cc1ccnc(-n2cc(-c3ccccc3)cn2)c1N. The second-order valence-electron chi connectivity index (χ2n) is 4.40. The number of aryl methyl sites for hydroxylation is 1. The van der Waals surface area contributed by atoms with Gasteiger partial charge in [0.25, 0.3) is 0 Å². The van der Waals surface area contributed by atoms with E-state index in [-0.39, 0.29) is 0 Å². The molecule has 0 saturated carbocycles. The van der Waals surface area contributed by atoms with Gasteiger partial charge >= 0.3 is 0 Å². The largest absolute Gasteiger partial charge is 0.395 e. The van der Waals surface area contributed by atoms with Gasteiger partial charge in [0.15, 0.2) is 5.82 Å². The van der Waals surface area contributed by atoms with Gasteiger partial charge in [-0.3, -0.25) is 0 Å². The fourth-order valence-corrected chi connectivity index (χ4v) is 1.96. The van der Waals surface area contributed by atoms with Crippen molar-refractivity contribution in [1.82, 2.24) is 14.8 Å². The first-order valence-corrected chi connectivity index (χ1v) is 6.07. The second kappa shape index (κ2) is 4.57. The maximum absolute atomic E-state index is 6.04. The van der Waals surface area contributed by atoms with Crippen LogP contribution in [0.15, 0.2) is 55.0 Å². The Hall–Kier alpha value is -2.62. The predicted octanol–water partition coefficient (Wildman–Crippen LogP) is 2.82. The molecule has 1 aromatic carbocycles. The summed E-state index contributed by atoms with van der Waals surface area (Å²) in [4.78, 5) is 4.29. The highest BCUT2D eigenvalue weighted by Crippen LogP contribution is 2.22. The number of rotatable bonds is 2. The molecule has 0 fully saturated rings. The number of hydrogen-bond donors (Lipinski definition) is 1. The summed E-state index contributed by atoms with van der Waals surface area (Å²) in [7, 11) is 0. The van der Waals surface area contributed by atoms with E-state index < -0.39 is 0 Å². The summed E-state index contributed by atoms with van der Waals surface area (Å²) in [6, 6.07) is 12.0. The molecule has 19 heavy (non-hydrogen) atoms. The third-order valence-electron chi connectivity index (χ3n) is 3.09. The smallest absolute Gasteiger partial charge is 0.176 e. The summed E-state index contributed by atoms with van der Waals surface area (Å²) in [5, 5.41) is 4.34. The molecule has 0 aliphatic heterocycles. The molecule has 0 amide bonds. The standard InChI is InChI=1S/C15H14N4/c1-11-7-8-17-15(14(11)16)19-10-13(9-18-19)12-5-3-2-4-6-12/h2-10H,16H2,1H3. The Kier molecular flexibility index (Phi) is 2.76. The van der Waals surface area contributed by atoms with E-state index in [9.17, 15) is 0 Å². The molecule has 0 saturated heterocycles. The van der Waals surface area contributed by atoms with Crippen molar-refractivity contribution in [1.29, 1.82) is 0 Å². The summed E-state index contributed by atoms with van der Waals surface area (Å²) in [6.45, 7) is 1.96. The van der Waals surface area contributed by atoms with Crippen LogP contribution in [0.3, 0.4) is 0 Å². The molecule has 94 valence electrons. The van der Waals surface area contributed by atoms with Gasteiger partial charge in [-0.2, -0.15) is 5.10 Å². The Morgan fingerprint density at radius 1 is 1.05 bits per heavy atom. The zero-order valence-electron chi connectivity index (χ0n) is 10.6. The first-order chi connectivity index (χ1) is 9.25. The van der Waals surface area contributed by atoms with Gasteiger partial charge < -0.3 is 5.73 Å². The predicted molar refractivity (Wildman–Crippen MR) is 75.9 cm³/mol. The molecular weight excluding hydrogens is 236 g/mol. The minimum Gasteiger partial charge on any atom is -0.395 e. The van der Waals surface area contributed by atoms with E-state index in [4.69, 9.17) is 5.73 Å². The normalized spacial score (nSPS) is 10.6. The molecule has 4 nitrogen and oxygen atoms in total. The molecule has 4 heteroatoms. The molecular formula is C15H14N4. The number of aromatic nitrogens is 3. The molecule has 0 bridgehead atoms. The Balaban J connectivity index is 2.05. The lowest BCUT2D eigenvalue weighted by atomic mass is 10.1. The molecule has 0 atom stereocenters. The number of benzene rings is 1. The molecule has 2 N–H and O–H groups in total. The van der Waals surface area contributed by atoms with Crippen molar-refractivity contribution in [3.8, 4) is 16.9 Å². The Labute approximate surface area is 111 Å². The number of pyridine rings is 1. The minimum atomic E-state index is 0.658. The average Bonchev–Trinajstić information content (AvgIpc) is 2.92. The highest BCUT2D eigenvalue weighted by atomic mass is 15.3. The van der Waals surface area contributed by atoms with Crippen molar-refractivity contribution in [2.45, 2.75) is 6.92 Å². The molecule has 2 heterocycles. The van der Waals surface area contributed by atoms with Gasteiger partial charge in [-0.1, -0.05) is 30.3 Å². The van der Waals surface area contributed by atoms with Crippen LogP contribution in [-0.4, -0.2) is 14.8 Å². The molecule has 0 spiro atoms. The molecule has 0 unspecified atom stereocenters. The summed E-state index contributed by atoms with van der Waals surface area (Å²) in [5.41, 5.74) is 9.87. The van der Waals surface area contributed by atoms with Crippen molar-refractivity contribution in [2.24, 2.45) is 0 Å². The monoisotopic (exact) mass is 250 g/mol. The van der Waals surface area contributed by atoms with Crippen LogP contribution in [0.25, 0.3) is 16.9 Å². The van der Waals surface area contributed by atoms with E-state index in [1.54, 1.807) is 10.9 Å². The van der Waals surface area contributed by atoms with Gasteiger partial charge in [0.1, 0.15) is 0 Å². The van der Waals surface area contributed by atoms with Crippen molar-refractivity contribution < 1.29 is 0 Å². The average molecular weight is 250 g/mol. The molecule has 0 aliphatic rings. The number of nitrogens with two attached hydrogens (primary N) is 1. The number of nitrogens with zero attached hydrogens (tertiary/aromatic N) is 3. The summed E-state index contributed by atoms with van der Waals surface area (Å²) >= 11 is 0. The lowest BCUT2D eigenvalue weighted by molar-refractivity contribution is 0.848. The number of nitrogen functional groups attached to an aromatic ring is 1. The van der Waals surface area contributed by atoms with E-state index in [0.29, 0.717) is 11.5 Å². The maximum atomic E-state index is 6.04. The highest BCUT2D eigenvalue weighted by molar-refractivity contribution is 5.63. The van der Waals surface area contributed by atoms with Crippen LogP contribution in [-0.2, 0) is 0 Å². The van der Waals surface area contributed by atoms with E-state index in [1.807, 2.05) is 55.7 Å². The van der Waals surface area contributed by atoms with Gasteiger partial charge in [0.05, 0.1) is 11.9 Å². The van der Waals surface area contributed by atoms with Crippen LogP contribution in [0.5, 0.6) is 0 Å². The summed E-state index contributed by atoms with van der Waals surface area (Å²) in [6.07, 6.45) is 5.50. The topological polar surface area (TPSA) is 56.7 Å². The number of anilines is 1. The Morgan fingerprint density at radius 2 is 1.84 bits per heavy atom. The van der Waals surface area contributed by atoms with Gasteiger partial charge in [0, 0.05) is 18.0 Å². The number of hydrogen-bond acceptors (Lipinski definition) is 3. The van der Waals surface area contributed by atoms with Crippen LogP contribution in [0.2, 0.25) is 0 Å². The van der Waals surface area contributed by atoms with Gasteiger partial charge in [-0.25, -0.2) is 9.67 Å². The van der Waals surface area contributed by atoms with E-state index in [0.717, 1.165) is 16.7 Å². The van der Waals surface area contributed by atoms with Crippen molar-refractivity contribution in [3.05, 3.63) is 60.6 Å².